The van der Waals surface area contributed by atoms with Crippen molar-refractivity contribution in [3.63, 3.8) is 0 Å². The summed E-state index contributed by atoms with van der Waals surface area (Å²) in [6.45, 7) is 3.80. The molecule has 2 N–H and O–H groups in total. The lowest BCUT2D eigenvalue weighted by Crippen LogP contribution is -2.34. The predicted molar refractivity (Wildman–Crippen MR) is 112 cm³/mol. The summed E-state index contributed by atoms with van der Waals surface area (Å²) in [7, 11) is 0. The number of nitrogens with zero attached hydrogens (tertiary/aromatic N) is 2. The number of carboxylic acids is 1. The van der Waals surface area contributed by atoms with E-state index in [2.05, 4.69) is 21.4 Å². The summed E-state index contributed by atoms with van der Waals surface area (Å²) in [5, 5.41) is 11.7. The second-order valence-electron chi connectivity index (χ2n) is 6.87. The van der Waals surface area contributed by atoms with Crippen LogP contribution in [0.4, 0.5) is 0 Å². The molecule has 2 aromatic rings. The van der Waals surface area contributed by atoms with E-state index in [0.29, 0.717) is 12.0 Å². The number of carbonyl (C=O) groups is 1. The number of piperidine rings is 1. The lowest BCUT2D eigenvalue weighted by Gasteiger charge is -2.27. The zero-order chi connectivity index (χ0) is 19.6. The van der Waals surface area contributed by atoms with Crippen LogP contribution in [0.2, 0.25) is 0 Å². The number of hydrogen-bond donors (Lipinski definition) is 2. The van der Waals surface area contributed by atoms with E-state index in [1.54, 1.807) is 12.1 Å². The zero-order valence-electron chi connectivity index (χ0n) is 16.3. The first kappa shape index (κ1) is 23.1. The van der Waals surface area contributed by atoms with Gasteiger partial charge >= 0.3 is 5.97 Å². The zero-order valence-corrected chi connectivity index (χ0v) is 17.1. The third kappa shape index (κ3) is 7.27. The van der Waals surface area contributed by atoms with Gasteiger partial charge in [0, 0.05) is 31.2 Å². The third-order valence-corrected chi connectivity index (χ3v) is 4.91. The van der Waals surface area contributed by atoms with Crippen molar-refractivity contribution < 1.29 is 19.4 Å². The van der Waals surface area contributed by atoms with Crippen molar-refractivity contribution >= 4 is 18.4 Å². The molecule has 0 radical (unpaired) electrons. The van der Waals surface area contributed by atoms with Crippen LogP contribution in [-0.4, -0.2) is 53.5 Å². The Bertz CT molecular complexity index is 736. The van der Waals surface area contributed by atoms with Gasteiger partial charge in [0.1, 0.15) is 11.8 Å². The minimum Gasteiger partial charge on any atom is -0.477 e. The number of ether oxygens (including phenoxy) is 2. The molecular formula is C21H28ClN3O4. The Hall–Kier alpha value is -2.22. The molecule has 0 bridgehead atoms. The van der Waals surface area contributed by atoms with Crippen molar-refractivity contribution in [2.45, 2.75) is 37.7 Å². The summed E-state index contributed by atoms with van der Waals surface area (Å²) in [5.74, 6) is 0.399. The van der Waals surface area contributed by atoms with Crippen LogP contribution in [0.15, 0.2) is 42.7 Å². The molecule has 0 aromatic carbocycles. The fourth-order valence-corrected chi connectivity index (χ4v) is 3.38. The van der Waals surface area contributed by atoms with Crippen molar-refractivity contribution in [3.8, 4) is 5.88 Å². The lowest BCUT2D eigenvalue weighted by molar-refractivity contribution is 0.0690. The molecule has 2 aliphatic heterocycles. The Morgan fingerprint density at radius 1 is 1.03 bits per heavy atom. The van der Waals surface area contributed by atoms with Crippen LogP contribution in [0, 0.1) is 0 Å². The van der Waals surface area contributed by atoms with E-state index < -0.39 is 5.97 Å². The van der Waals surface area contributed by atoms with E-state index >= 15 is 0 Å². The topological polar surface area (TPSA) is 93.6 Å². The molecule has 0 aliphatic carbocycles. The van der Waals surface area contributed by atoms with Crippen LogP contribution in [-0.2, 0) is 4.74 Å². The Kier molecular flexibility index (Phi) is 9.83. The Morgan fingerprint density at radius 3 is 2.38 bits per heavy atom. The highest BCUT2D eigenvalue weighted by atomic mass is 35.5. The Labute approximate surface area is 177 Å². The van der Waals surface area contributed by atoms with Gasteiger partial charge in [0.05, 0.1) is 0 Å². The molecule has 158 valence electrons. The molecule has 2 fully saturated rings. The van der Waals surface area contributed by atoms with Gasteiger partial charge in [-0.15, -0.1) is 12.4 Å². The number of aromatic nitrogens is 2. The fraction of sp³-hybridized carbons (Fsp3) is 0.476. The summed E-state index contributed by atoms with van der Waals surface area (Å²) in [6.07, 6.45) is 7.90. The first-order valence-electron chi connectivity index (χ1n) is 9.78. The summed E-state index contributed by atoms with van der Waals surface area (Å²) in [6, 6.07) is 8.94. The van der Waals surface area contributed by atoms with Gasteiger partial charge in [-0.2, -0.15) is 0 Å². The number of halogens is 1. The van der Waals surface area contributed by atoms with Crippen molar-refractivity contribution in [1.29, 1.82) is 0 Å². The standard InChI is InChI=1S/C15H22N2O2.C6H5NO2.ClH/c1-2-14(12-5-10-18-11-6-12)15(17-7-1)19-13-3-8-16-9-4-13;8-6(9)5-3-1-2-4-7-5;/h1-2,7,12-13,16H,3-6,8-11H2;1-4H,(H,8,9);1H. The van der Waals surface area contributed by atoms with E-state index in [1.165, 1.54) is 17.8 Å². The first-order valence-corrected chi connectivity index (χ1v) is 9.78. The summed E-state index contributed by atoms with van der Waals surface area (Å²) in [5.41, 5.74) is 1.35. The molecule has 0 unspecified atom stereocenters. The highest BCUT2D eigenvalue weighted by Crippen LogP contribution is 2.33. The highest BCUT2D eigenvalue weighted by Gasteiger charge is 2.22. The molecule has 8 heteroatoms. The minimum absolute atomic E-state index is 0. The summed E-state index contributed by atoms with van der Waals surface area (Å²) in [4.78, 5) is 18.2. The molecule has 4 heterocycles. The average Bonchev–Trinajstić information content (AvgIpc) is 2.77. The number of carboxylic acid groups (broad SMARTS) is 1. The van der Waals surface area contributed by atoms with Gasteiger partial charge in [-0.1, -0.05) is 12.1 Å². The van der Waals surface area contributed by atoms with Crippen LogP contribution in [0.3, 0.4) is 0 Å². The second-order valence-corrected chi connectivity index (χ2v) is 6.87. The number of pyridine rings is 2. The van der Waals surface area contributed by atoms with E-state index in [1.807, 2.05) is 12.3 Å². The Morgan fingerprint density at radius 2 is 1.76 bits per heavy atom. The van der Waals surface area contributed by atoms with Crippen LogP contribution in [0.25, 0.3) is 0 Å². The summed E-state index contributed by atoms with van der Waals surface area (Å²) >= 11 is 0. The lowest BCUT2D eigenvalue weighted by atomic mass is 9.92. The van der Waals surface area contributed by atoms with Gasteiger partial charge in [-0.3, -0.25) is 0 Å². The first-order chi connectivity index (χ1) is 13.7. The molecule has 4 rings (SSSR count). The maximum absolute atomic E-state index is 10.1. The van der Waals surface area contributed by atoms with Gasteiger partial charge in [0.15, 0.2) is 0 Å². The Balaban J connectivity index is 0.000000255. The maximum Gasteiger partial charge on any atom is 0.354 e. The maximum atomic E-state index is 10.1. The van der Waals surface area contributed by atoms with Gasteiger partial charge in [0.25, 0.3) is 0 Å². The third-order valence-electron chi connectivity index (χ3n) is 4.91. The van der Waals surface area contributed by atoms with Gasteiger partial charge in [-0.25, -0.2) is 14.8 Å². The number of hydrogen-bond acceptors (Lipinski definition) is 6. The van der Waals surface area contributed by atoms with Crippen molar-refractivity contribution in [2.24, 2.45) is 0 Å². The SMILES string of the molecule is Cl.O=C(O)c1ccccn1.c1cnc(OC2CCNCC2)c(C2CCOCC2)c1. The van der Waals surface area contributed by atoms with Crippen molar-refractivity contribution in [1.82, 2.24) is 15.3 Å². The number of rotatable bonds is 4. The molecule has 0 atom stereocenters. The molecular weight excluding hydrogens is 394 g/mol. The largest absolute Gasteiger partial charge is 0.477 e. The minimum atomic E-state index is -0.990. The molecule has 2 saturated heterocycles. The quantitative estimate of drug-likeness (QED) is 0.782. The van der Waals surface area contributed by atoms with Gasteiger partial charge in [0.2, 0.25) is 5.88 Å². The van der Waals surface area contributed by atoms with Gasteiger partial charge in [-0.05, 0) is 62.9 Å². The van der Waals surface area contributed by atoms with Crippen molar-refractivity contribution in [2.75, 3.05) is 26.3 Å². The molecule has 0 saturated carbocycles. The van der Waals surface area contributed by atoms with Crippen LogP contribution < -0.4 is 10.1 Å². The van der Waals surface area contributed by atoms with Crippen LogP contribution in [0.5, 0.6) is 5.88 Å². The normalized spacial score (nSPS) is 17.4. The van der Waals surface area contributed by atoms with E-state index in [9.17, 15) is 4.79 Å². The van der Waals surface area contributed by atoms with E-state index in [-0.39, 0.29) is 18.1 Å². The molecule has 7 nitrogen and oxygen atoms in total. The van der Waals surface area contributed by atoms with E-state index in [4.69, 9.17) is 14.6 Å². The van der Waals surface area contributed by atoms with Gasteiger partial charge < -0.3 is 19.9 Å². The number of aromatic carboxylic acids is 1. The molecule has 0 amide bonds. The molecule has 0 spiro atoms. The van der Waals surface area contributed by atoms with E-state index in [0.717, 1.165) is 57.9 Å². The average molecular weight is 422 g/mol. The fourth-order valence-electron chi connectivity index (χ4n) is 3.38. The van der Waals surface area contributed by atoms with Crippen LogP contribution in [0.1, 0.15) is 47.7 Å². The predicted octanol–water partition coefficient (Wildman–Crippen LogP) is 3.31. The molecule has 2 aliphatic rings. The highest BCUT2D eigenvalue weighted by molar-refractivity contribution is 5.85. The van der Waals surface area contributed by atoms with Crippen molar-refractivity contribution in [3.05, 3.63) is 54.0 Å². The summed E-state index contributed by atoms with van der Waals surface area (Å²) < 4.78 is 11.6. The second kappa shape index (κ2) is 12.4. The molecule has 29 heavy (non-hydrogen) atoms. The van der Waals surface area contributed by atoms with Crippen LogP contribution >= 0.6 is 12.4 Å². The monoisotopic (exact) mass is 421 g/mol. The number of nitrogens with one attached hydrogen (secondary N) is 1. The smallest absolute Gasteiger partial charge is 0.354 e. The molecule has 2 aromatic heterocycles.